The molecule has 2 rings (SSSR count). The van der Waals surface area contributed by atoms with Gasteiger partial charge in [0.2, 0.25) is 0 Å². The molecular formula is C18H34O. The van der Waals surface area contributed by atoms with E-state index in [1.165, 1.54) is 64.2 Å². The van der Waals surface area contributed by atoms with Gasteiger partial charge in [-0.2, -0.15) is 0 Å². The number of hydrogen-bond acceptors (Lipinski definition) is 1. The highest BCUT2D eigenvalue weighted by Crippen LogP contribution is 2.46. The summed E-state index contributed by atoms with van der Waals surface area (Å²) in [6.45, 7) is 4.59. The van der Waals surface area contributed by atoms with Crippen molar-refractivity contribution in [3.8, 4) is 0 Å². The minimum atomic E-state index is -0.310. The van der Waals surface area contributed by atoms with Crippen LogP contribution in [0.4, 0.5) is 0 Å². The van der Waals surface area contributed by atoms with Crippen LogP contribution in [0, 0.1) is 17.8 Å². The van der Waals surface area contributed by atoms with Crippen molar-refractivity contribution >= 4 is 0 Å². The lowest BCUT2D eigenvalue weighted by molar-refractivity contribution is -0.0845. The zero-order chi connectivity index (χ0) is 13.7. The van der Waals surface area contributed by atoms with Crippen molar-refractivity contribution in [2.45, 2.75) is 96.5 Å². The summed E-state index contributed by atoms with van der Waals surface area (Å²) in [5.41, 5.74) is -0.310. The van der Waals surface area contributed by atoms with Crippen LogP contribution in [0.15, 0.2) is 0 Å². The smallest absolute Gasteiger partial charge is 0.0678 e. The molecule has 2 fully saturated rings. The van der Waals surface area contributed by atoms with Gasteiger partial charge >= 0.3 is 0 Å². The van der Waals surface area contributed by atoms with Crippen molar-refractivity contribution in [3.05, 3.63) is 0 Å². The van der Waals surface area contributed by atoms with Crippen LogP contribution < -0.4 is 0 Å². The summed E-state index contributed by atoms with van der Waals surface area (Å²) in [6, 6.07) is 0. The quantitative estimate of drug-likeness (QED) is 0.714. The molecule has 1 heteroatoms. The molecule has 0 saturated heterocycles. The van der Waals surface area contributed by atoms with Crippen LogP contribution in [0.5, 0.6) is 0 Å². The van der Waals surface area contributed by atoms with E-state index < -0.39 is 0 Å². The Hall–Kier alpha value is -0.0400. The molecule has 1 nitrogen and oxygen atoms in total. The van der Waals surface area contributed by atoms with E-state index in [0.29, 0.717) is 5.92 Å². The van der Waals surface area contributed by atoms with E-state index in [0.717, 1.165) is 24.7 Å². The molecule has 1 N–H and O–H groups in total. The number of aliphatic hydroxyl groups is 1. The Bertz CT molecular complexity index is 254. The highest BCUT2D eigenvalue weighted by atomic mass is 16.3. The second kappa shape index (κ2) is 7.11. The van der Waals surface area contributed by atoms with Crippen molar-refractivity contribution in [2.75, 3.05) is 0 Å². The molecule has 2 aliphatic carbocycles. The Labute approximate surface area is 120 Å². The van der Waals surface area contributed by atoms with Gasteiger partial charge in [0.15, 0.2) is 0 Å². The summed E-state index contributed by atoms with van der Waals surface area (Å²) < 4.78 is 0. The largest absolute Gasteiger partial charge is 0.390 e. The van der Waals surface area contributed by atoms with Gasteiger partial charge in [-0.15, -0.1) is 0 Å². The summed E-state index contributed by atoms with van der Waals surface area (Å²) in [5, 5.41) is 11.2. The van der Waals surface area contributed by atoms with Crippen LogP contribution in [0.1, 0.15) is 90.9 Å². The molecule has 0 radical (unpaired) electrons. The molecular weight excluding hydrogens is 232 g/mol. The molecule has 0 aliphatic heterocycles. The molecule has 0 spiro atoms. The lowest BCUT2D eigenvalue weighted by atomic mass is 9.64. The zero-order valence-corrected chi connectivity index (χ0v) is 13.2. The van der Waals surface area contributed by atoms with Crippen LogP contribution in [-0.4, -0.2) is 10.7 Å². The minimum Gasteiger partial charge on any atom is -0.390 e. The van der Waals surface area contributed by atoms with Gasteiger partial charge in [0.1, 0.15) is 0 Å². The first-order valence-electron chi connectivity index (χ1n) is 8.84. The summed E-state index contributed by atoms with van der Waals surface area (Å²) in [6.07, 6.45) is 15.5. The average Bonchev–Trinajstić information content (AvgIpc) is 2.39. The predicted octanol–water partition coefficient (Wildman–Crippen LogP) is 5.31. The summed E-state index contributed by atoms with van der Waals surface area (Å²) in [5.74, 6) is 2.23. The normalized spacial score (nSPS) is 33.8. The molecule has 0 heterocycles. The molecule has 2 unspecified atom stereocenters. The molecule has 2 aliphatic rings. The van der Waals surface area contributed by atoms with E-state index >= 15 is 0 Å². The fourth-order valence-electron chi connectivity index (χ4n) is 4.59. The van der Waals surface area contributed by atoms with Crippen LogP contribution in [0.25, 0.3) is 0 Å². The van der Waals surface area contributed by atoms with Gasteiger partial charge in [-0.05, 0) is 37.0 Å². The minimum absolute atomic E-state index is 0.310. The Balaban J connectivity index is 1.93. The lowest BCUT2D eigenvalue weighted by Crippen LogP contribution is -2.45. The van der Waals surface area contributed by atoms with Crippen molar-refractivity contribution in [3.63, 3.8) is 0 Å². The predicted molar refractivity (Wildman–Crippen MR) is 82.2 cm³/mol. The van der Waals surface area contributed by atoms with E-state index in [4.69, 9.17) is 0 Å². The standard InChI is InChI=1S/C18H34O/c1-15(2)9-8-14-18(19)13-7-6-12-17(18)16-10-4-3-5-11-16/h15-17,19H,3-14H2,1-2H3. The average molecular weight is 266 g/mol. The van der Waals surface area contributed by atoms with E-state index in [-0.39, 0.29) is 5.60 Å². The zero-order valence-electron chi connectivity index (χ0n) is 13.2. The summed E-state index contributed by atoms with van der Waals surface area (Å²) in [7, 11) is 0. The Morgan fingerprint density at radius 1 is 1.00 bits per heavy atom. The van der Waals surface area contributed by atoms with Crippen LogP contribution in [-0.2, 0) is 0 Å². The third-order valence-corrected chi connectivity index (χ3v) is 5.68. The maximum Gasteiger partial charge on any atom is 0.0678 e. The molecule has 0 aromatic carbocycles. The SMILES string of the molecule is CC(C)CCCC1(O)CCCCC1C1CCCCC1. The molecule has 112 valence electrons. The van der Waals surface area contributed by atoms with Gasteiger partial charge in [-0.1, -0.05) is 71.6 Å². The van der Waals surface area contributed by atoms with Gasteiger partial charge in [-0.3, -0.25) is 0 Å². The van der Waals surface area contributed by atoms with E-state index in [1.54, 1.807) is 0 Å². The molecule has 0 bridgehead atoms. The van der Waals surface area contributed by atoms with Gasteiger partial charge in [0.25, 0.3) is 0 Å². The first-order chi connectivity index (χ1) is 9.12. The third kappa shape index (κ3) is 4.21. The second-order valence-electron chi connectivity index (χ2n) is 7.64. The number of rotatable bonds is 5. The first kappa shape index (κ1) is 15.4. The van der Waals surface area contributed by atoms with Gasteiger partial charge < -0.3 is 5.11 Å². The van der Waals surface area contributed by atoms with E-state index in [9.17, 15) is 5.11 Å². The summed E-state index contributed by atoms with van der Waals surface area (Å²) in [4.78, 5) is 0. The molecule has 19 heavy (non-hydrogen) atoms. The molecule has 2 atom stereocenters. The van der Waals surface area contributed by atoms with Gasteiger partial charge in [0, 0.05) is 0 Å². The topological polar surface area (TPSA) is 20.2 Å². The lowest BCUT2D eigenvalue weighted by Gasteiger charge is -2.45. The van der Waals surface area contributed by atoms with Crippen molar-refractivity contribution in [1.29, 1.82) is 0 Å². The van der Waals surface area contributed by atoms with Gasteiger partial charge in [0.05, 0.1) is 5.60 Å². The fraction of sp³-hybridized carbons (Fsp3) is 1.00. The van der Waals surface area contributed by atoms with E-state index in [2.05, 4.69) is 13.8 Å². The Kier molecular flexibility index (Phi) is 5.74. The van der Waals surface area contributed by atoms with Crippen molar-refractivity contribution in [2.24, 2.45) is 17.8 Å². The molecule has 0 amide bonds. The number of hydrogen-bond donors (Lipinski definition) is 1. The molecule has 0 aromatic rings. The summed E-state index contributed by atoms with van der Waals surface area (Å²) >= 11 is 0. The highest BCUT2D eigenvalue weighted by molar-refractivity contribution is 4.94. The van der Waals surface area contributed by atoms with E-state index in [1.807, 2.05) is 0 Å². The Morgan fingerprint density at radius 2 is 1.68 bits per heavy atom. The Morgan fingerprint density at radius 3 is 2.37 bits per heavy atom. The van der Waals surface area contributed by atoms with Gasteiger partial charge in [-0.25, -0.2) is 0 Å². The third-order valence-electron chi connectivity index (χ3n) is 5.68. The van der Waals surface area contributed by atoms with Crippen molar-refractivity contribution < 1.29 is 5.11 Å². The molecule has 2 saturated carbocycles. The second-order valence-corrected chi connectivity index (χ2v) is 7.64. The maximum absolute atomic E-state index is 11.2. The highest BCUT2D eigenvalue weighted by Gasteiger charge is 2.42. The van der Waals surface area contributed by atoms with Crippen LogP contribution in [0.3, 0.4) is 0 Å². The van der Waals surface area contributed by atoms with Crippen LogP contribution >= 0.6 is 0 Å². The fourth-order valence-corrected chi connectivity index (χ4v) is 4.59. The maximum atomic E-state index is 11.2. The van der Waals surface area contributed by atoms with Crippen molar-refractivity contribution in [1.82, 2.24) is 0 Å². The monoisotopic (exact) mass is 266 g/mol. The molecule has 0 aromatic heterocycles. The first-order valence-corrected chi connectivity index (χ1v) is 8.84. The van der Waals surface area contributed by atoms with Crippen LogP contribution in [0.2, 0.25) is 0 Å².